The molecule has 1 aromatic rings. The van der Waals surface area contributed by atoms with Crippen LogP contribution in [0.3, 0.4) is 0 Å². The van der Waals surface area contributed by atoms with Crippen molar-refractivity contribution in [1.29, 1.82) is 0 Å². The molecule has 0 fully saturated rings. The van der Waals surface area contributed by atoms with Crippen molar-refractivity contribution >= 4 is 0 Å². The summed E-state index contributed by atoms with van der Waals surface area (Å²) in [5.74, 6) is 0.543. The first kappa shape index (κ1) is 15.2. The van der Waals surface area contributed by atoms with Crippen LogP contribution in [0.15, 0.2) is 24.3 Å². The summed E-state index contributed by atoms with van der Waals surface area (Å²) in [7, 11) is 0. The van der Waals surface area contributed by atoms with E-state index in [0.29, 0.717) is 12.0 Å². The van der Waals surface area contributed by atoms with Crippen LogP contribution in [0.4, 0.5) is 4.39 Å². The van der Waals surface area contributed by atoms with Crippen LogP contribution in [0.2, 0.25) is 0 Å². The molecule has 1 aromatic carbocycles. The fourth-order valence-corrected chi connectivity index (χ4v) is 2.47. The van der Waals surface area contributed by atoms with Crippen LogP contribution in [-0.2, 0) is 6.42 Å². The topological polar surface area (TPSA) is 12.0 Å². The molecule has 2 heteroatoms. The molecule has 0 heterocycles. The lowest BCUT2D eigenvalue weighted by atomic mass is 9.89. The number of rotatable bonds is 8. The summed E-state index contributed by atoms with van der Waals surface area (Å²) in [5.41, 5.74) is 1.22. The minimum Gasteiger partial charge on any atom is -0.313 e. The van der Waals surface area contributed by atoms with Crippen molar-refractivity contribution in [3.63, 3.8) is 0 Å². The molecule has 18 heavy (non-hydrogen) atoms. The molecular formula is C16H26FN. The molecule has 1 N–H and O–H groups in total. The molecule has 0 aliphatic heterocycles. The first-order valence-electron chi connectivity index (χ1n) is 7.19. The lowest BCUT2D eigenvalue weighted by molar-refractivity contribution is 0.332. The maximum Gasteiger partial charge on any atom is 0.123 e. The Balaban J connectivity index is 2.67. The van der Waals surface area contributed by atoms with Crippen LogP contribution < -0.4 is 5.32 Å². The van der Waals surface area contributed by atoms with Gasteiger partial charge in [0.1, 0.15) is 5.82 Å². The minimum atomic E-state index is -0.153. The molecule has 102 valence electrons. The van der Waals surface area contributed by atoms with E-state index in [-0.39, 0.29) is 5.82 Å². The Kier molecular flexibility index (Phi) is 6.96. The van der Waals surface area contributed by atoms with Gasteiger partial charge in [-0.1, -0.05) is 45.7 Å². The van der Waals surface area contributed by atoms with E-state index in [4.69, 9.17) is 0 Å². The van der Waals surface area contributed by atoms with E-state index >= 15 is 0 Å². The average molecular weight is 251 g/mol. The van der Waals surface area contributed by atoms with Crippen LogP contribution in [0, 0.1) is 11.7 Å². The van der Waals surface area contributed by atoms with Gasteiger partial charge in [-0.15, -0.1) is 0 Å². The highest BCUT2D eigenvalue weighted by molar-refractivity contribution is 5.17. The second-order valence-electron chi connectivity index (χ2n) is 4.97. The minimum absolute atomic E-state index is 0.153. The quantitative estimate of drug-likeness (QED) is 0.731. The summed E-state index contributed by atoms with van der Waals surface area (Å²) in [6.07, 6.45) is 4.53. The van der Waals surface area contributed by atoms with Gasteiger partial charge < -0.3 is 5.32 Å². The van der Waals surface area contributed by atoms with E-state index < -0.39 is 0 Å². The number of hydrogen-bond acceptors (Lipinski definition) is 1. The Bertz CT molecular complexity index is 316. The van der Waals surface area contributed by atoms with E-state index in [9.17, 15) is 4.39 Å². The van der Waals surface area contributed by atoms with Gasteiger partial charge in [0.2, 0.25) is 0 Å². The molecule has 1 nitrogen and oxygen atoms in total. The van der Waals surface area contributed by atoms with E-state index in [0.717, 1.165) is 19.4 Å². The maximum atomic E-state index is 12.9. The maximum absolute atomic E-state index is 12.9. The first-order valence-corrected chi connectivity index (χ1v) is 7.19. The van der Waals surface area contributed by atoms with Crippen molar-refractivity contribution < 1.29 is 4.39 Å². The molecule has 1 unspecified atom stereocenters. The van der Waals surface area contributed by atoms with Gasteiger partial charge in [-0.25, -0.2) is 4.39 Å². The molecular weight excluding hydrogens is 225 g/mol. The molecule has 0 spiro atoms. The predicted molar refractivity (Wildman–Crippen MR) is 76.3 cm³/mol. The molecule has 0 amide bonds. The average Bonchev–Trinajstić information content (AvgIpc) is 2.39. The molecule has 0 aliphatic carbocycles. The van der Waals surface area contributed by atoms with E-state index in [1.807, 2.05) is 12.1 Å². The first-order chi connectivity index (χ1) is 8.71. The van der Waals surface area contributed by atoms with Crippen molar-refractivity contribution in [1.82, 2.24) is 5.32 Å². The number of nitrogens with one attached hydrogen (secondary N) is 1. The highest BCUT2D eigenvalue weighted by atomic mass is 19.1. The van der Waals surface area contributed by atoms with Gasteiger partial charge >= 0.3 is 0 Å². The molecule has 0 saturated carbocycles. The normalized spacial score (nSPS) is 12.9. The second-order valence-corrected chi connectivity index (χ2v) is 4.97. The molecule has 0 saturated heterocycles. The highest BCUT2D eigenvalue weighted by Crippen LogP contribution is 2.18. The Labute approximate surface area is 111 Å². The molecule has 0 radical (unpaired) electrons. The molecule has 1 rings (SSSR count). The van der Waals surface area contributed by atoms with Crippen molar-refractivity contribution in [2.24, 2.45) is 5.92 Å². The zero-order chi connectivity index (χ0) is 13.4. The standard InChI is InChI=1S/C16H26FN/c1-4-11-18-16(14(5-2)6-3)12-13-7-9-15(17)10-8-13/h7-10,14,16,18H,4-6,11-12H2,1-3H3. The van der Waals surface area contributed by atoms with Gasteiger partial charge in [0.25, 0.3) is 0 Å². The predicted octanol–water partition coefficient (Wildman–Crippen LogP) is 4.17. The molecule has 0 bridgehead atoms. The fraction of sp³-hybridized carbons (Fsp3) is 0.625. The number of halogens is 1. The monoisotopic (exact) mass is 251 g/mol. The Morgan fingerprint density at radius 3 is 2.17 bits per heavy atom. The Morgan fingerprint density at radius 1 is 1.06 bits per heavy atom. The lowest BCUT2D eigenvalue weighted by Gasteiger charge is -2.26. The third-order valence-corrected chi connectivity index (χ3v) is 3.64. The smallest absolute Gasteiger partial charge is 0.123 e. The zero-order valence-electron chi connectivity index (χ0n) is 11.9. The van der Waals surface area contributed by atoms with E-state index in [1.165, 1.54) is 18.4 Å². The second kappa shape index (κ2) is 8.25. The van der Waals surface area contributed by atoms with Crippen molar-refractivity contribution in [2.45, 2.75) is 52.5 Å². The van der Waals surface area contributed by atoms with Gasteiger partial charge in [0, 0.05) is 6.04 Å². The zero-order valence-corrected chi connectivity index (χ0v) is 11.9. The van der Waals surface area contributed by atoms with Crippen LogP contribution in [0.1, 0.15) is 45.6 Å². The van der Waals surface area contributed by atoms with Gasteiger partial charge in [0.05, 0.1) is 0 Å². The summed E-state index contributed by atoms with van der Waals surface area (Å²) >= 11 is 0. The van der Waals surface area contributed by atoms with Crippen LogP contribution in [-0.4, -0.2) is 12.6 Å². The third-order valence-electron chi connectivity index (χ3n) is 3.64. The van der Waals surface area contributed by atoms with E-state index in [2.05, 4.69) is 26.1 Å². The van der Waals surface area contributed by atoms with Crippen molar-refractivity contribution in [2.75, 3.05) is 6.54 Å². The number of hydrogen-bond donors (Lipinski definition) is 1. The largest absolute Gasteiger partial charge is 0.313 e. The molecule has 0 aliphatic rings. The van der Waals surface area contributed by atoms with Crippen molar-refractivity contribution in [3.05, 3.63) is 35.6 Å². The van der Waals surface area contributed by atoms with Crippen LogP contribution >= 0.6 is 0 Å². The van der Waals surface area contributed by atoms with Gasteiger partial charge in [-0.3, -0.25) is 0 Å². The van der Waals surface area contributed by atoms with E-state index in [1.54, 1.807) is 12.1 Å². The summed E-state index contributed by atoms with van der Waals surface area (Å²) < 4.78 is 12.9. The molecule has 0 aromatic heterocycles. The van der Waals surface area contributed by atoms with Gasteiger partial charge in [-0.2, -0.15) is 0 Å². The summed E-state index contributed by atoms with van der Waals surface area (Å²) in [6, 6.07) is 7.42. The SMILES string of the molecule is CCCNC(Cc1ccc(F)cc1)C(CC)CC. The lowest BCUT2D eigenvalue weighted by Crippen LogP contribution is -2.38. The summed E-state index contributed by atoms with van der Waals surface area (Å²) in [5, 5.41) is 3.64. The van der Waals surface area contributed by atoms with Crippen LogP contribution in [0.25, 0.3) is 0 Å². The Hall–Kier alpha value is -0.890. The Morgan fingerprint density at radius 2 is 1.67 bits per heavy atom. The van der Waals surface area contributed by atoms with Gasteiger partial charge in [0.15, 0.2) is 0 Å². The van der Waals surface area contributed by atoms with Gasteiger partial charge in [-0.05, 0) is 43.0 Å². The summed E-state index contributed by atoms with van der Waals surface area (Å²) in [6.45, 7) is 7.75. The highest BCUT2D eigenvalue weighted by Gasteiger charge is 2.17. The summed E-state index contributed by atoms with van der Waals surface area (Å²) in [4.78, 5) is 0. The number of benzene rings is 1. The van der Waals surface area contributed by atoms with Crippen molar-refractivity contribution in [3.8, 4) is 0 Å². The van der Waals surface area contributed by atoms with Crippen LogP contribution in [0.5, 0.6) is 0 Å². The fourth-order valence-electron chi connectivity index (χ4n) is 2.47. The molecule has 1 atom stereocenters. The third kappa shape index (κ3) is 4.77.